The van der Waals surface area contributed by atoms with E-state index in [9.17, 15) is 5.11 Å². The zero-order valence-electron chi connectivity index (χ0n) is 14.2. The molecule has 0 radical (unpaired) electrons. The average molecular weight is 373 g/mol. The second-order valence-electron chi connectivity index (χ2n) is 6.31. The number of aryl methyl sites for hydroxylation is 1. The first-order valence-electron chi connectivity index (χ1n) is 8.37. The number of thiazole rings is 1. The van der Waals surface area contributed by atoms with Gasteiger partial charge in [0.15, 0.2) is 5.16 Å². The summed E-state index contributed by atoms with van der Waals surface area (Å²) in [5.41, 5.74) is 2.90. The van der Waals surface area contributed by atoms with E-state index in [-0.39, 0.29) is 12.1 Å². The fourth-order valence-electron chi connectivity index (χ4n) is 3.26. The molecule has 0 amide bonds. The number of fused-ring (bicyclic) bond motifs is 1. The van der Waals surface area contributed by atoms with Crippen molar-refractivity contribution in [2.75, 3.05) is 11.6 Å². The summed E-state index contributed by atoms with van der Waals surface area (Å²) in [5.74, 6) is 0.829. The Hall–Kier alpha value is -1.70. The number of nitrogens with one attached hydrogen (secondary N) is 1. The summed E-state index contributed by atoms with van der Waals surface area (Å²) in [6, 6.07) is 8.40. The molecule has 1 aliphatic carbocycles. The lowest BCUT2D eigenvalue weighted by atomic mass is 10.2. The zero-order chi connectivity index (χ0) is 17.4. The second-order valence-corrected chi connectivity index (χ2v) is 8.12. The number of para-hydroxylation sites is 1. The van der Waals surface area contributed by atoms with E-state index >= 15 is 0 Å². The van der Waals surface area contributed by atoms with E-state index < -0.39 is 0 Å². The number of rotatable bonds is 4. The Morgan fingerprint density at radius 1 is 1.20 bits per heavy atom. The van der Waals surface area contributed by atoms with Gasteiger partial charge in [-0.15, -0.1) is 11.3 Å². The van der Waals surface area contributed by atoms with Crippen LogP contribution in [0.3, 0.4) is 0 Å². The van der Waals surface area contributed by atoms with Crippen molar-refractivity contribution in [1.82, 2.24) is 15.0 Å². The summed E-state index contributed by atoms with van der Waals surface area (Å²) < 4.78 is 1.16. The predicted molar refractivity (Wildman–Crippen MR) is 104 cm³/mol. The highest BCUT2D eigenvalue weighted by atomic mass is 32.2. The van der Waals surface area contributed by atoms with Crippen molar-refractivity contribution in [3.63, 3.8) is 0 Å². The first-order chi connectivity index (χ1) is 12.1. The van der Waals surface area contributed by atoms with E-state index in [0.717, 1.165) is 56.7 Å². The van der Waals surface area contributed by atoms with Gasteiger partial charge in [-0.25, -0.2) is 15.0 Å². The van der Waals surface area contributed by atoms with Crippen LogP contribution in [-0.4, -0.2) is 38.5 Å². The highest BCUT2D eigenvalue weighted by molar-refractivity contribution is 7.98. The number of benzene rings is 1. The van der Waals surface area contributed by atoms with E-state index in [1.807, 2.05) is 31.4 Å². The van der Waals surface area contributed by atoms with Crippen LogP contribution in [0.4, 0.5) is 5.82 Å². The molecule has 2 heterocycles. The zero-order valence-corrected chi connectivity index (χ0v) is 15.8. The van der Waals surface area contributed by atoms with Gasteiger partial charge in [0.2, 0.25) is 0 Å². The molecule has 2 unspecified atom stereocenters. The second kappa shape index (κ2) is 6.90. The number of thioether (sulfide) groups is 1. The van der Waals surface area contributed by atoms with Crippen LogP contribution in [-0.2, 0) is 0 Å². The molecule has 25 heavy (non-hydrogen) atoms. The van der Waals surface area contributed by atoms with Crippen molar-refractivity contribution in [1.29, 1.82) is 0 Å². The SMILES string of the molecule is CSc1nc(C)c(-c2nc3ccccc3s2)c(NC2CCC(O)C2)n1. The minimum Gasteiger partial charge on any atom is -0.393 e. The van der Waals surface area contributed by atoms with Crippen LogP contribution in [0.2, 0.25) is 0 Å². The van der Waals surface area contributed by atoms with Crippen molar-refractivity contribution in [2.24, 2.45) is 0 Å². The molecule has 1 fully saturated rings. The maximum atomic E-state index is 9.83. The first kappa shape index (κ1) is 16.8. The summed E-state index contributed by atoms with van der Waals surface area (Å²) in [7, 11) is 0. The lowest BCUT2D eigenvalue weighted by molar-refractivity contribution is 0.182. The predicted octanol–water partition coefficient (Wildman–Crippen LogP) is 4.11. The molecule has 5 nitrogen and oxygen atoms in total. The average Bonchev–Trinajstić information content (AvgIpc) is 3.20. The molecule has 0 saturated heterocycles. The Bertz CT molecular complexity index is 878. The van der Waals surface area contributed by atoms with Crippen LogP contribution in [0, 0.1) is 6.92 Å². The minimum atomic E-state index is -0.216. The van der Waals surface area contributed by atoms with Gasteiger partial charge in [-0.05, 0) is 44.6 Å². The van der Waals surface area contributed by atoms with Crippen molar-refractivity contribution < 1.29 is 5.11 Å². The van der Waals surface area contributed by atoms with Gasteiger partial charge in [0.05, 0.1) is 27.6 Å². The maximum Gasteiger partial charge on any atom is 0.189 e. The molecule has 1 saturated carbocycles. The van der Waals surface area contributed by atoms with Gasteiger partial charge in [-0.3, -0.25) is 0 Å². The smallest absolute Gasteiger partial charge is 0.189 e. The summed E-state index contributed by atoms with van der Waals surface area (Å²) in [4.78, 5) is 14.1. The number of aliphatic hydroxyl groups excluding tert-OH is 1. The molecule has 2 atom stereocenters. The number of hydrogen-bond donors (Lipinski definition) is 2. The number of nitrogens with zero attached hydrogens (tertiary/aromatic N) is 3. The molecule has 0 aliphatic heterocycles. The summed E-state index contributed by atoms with van der Waals surface area (Å²) in [6.45, 7) is 2.01. The molecule has 1 aliphatic rings. The van der Waals surface area contributed by atoms with E-state index in [0.29, 0.717) is 0 Å². The van der Waals surface area contributed by atoms with Gasteiger partial charge in [0.25, 0.3) is 0 Å². The molecule has 0 spiro atoms. The lowest BCUT2D eigenvalue weighted by Gasteiger charge is -2.17. The third-order valence-electron chi connectivity index (χ3n) is 4.51. The highest BCUT2D eigenvalue weighted by Gasteiger charge is 2.25. The van der Waals surface area contributed by atoms with E-state index in [2.05, 4.69) is 16.4 Å². The Balaban J connectivity index is 1.79. The largest absolute Gasteiger partial charge is 0.393 e. The standard InChI is InChI=1S/C18H20N4OS2/c1-10-15(17-21-13-5-3-4-6-14(13)25-17)16(22-18(19-10)24-2)20-11-7-8-12(23)9-11/h3-6,11-12,23H,7-9H2,1-2H3,(H,19,20,22). The van der Waals surface area contributed by atoms with Crippen LogP contribution in [0.15, 0.2) is 29.4 Å². The Morgan fingerprint density at radius 3 is 2.76 bits per heavy atom. The molecule has 0 bridgehead atoms. The monoisotopic (exact) mass is 372 g/mol. The Labute approximate surface area is 154 Å². The van der Waals surface area contributed by atoms with Crippen molar-refractivity contribution in [3.8, 4) is 10.6 Å². The van der Waals surface area contributed by atoms with Gasteiger partial charge in [0, 0.05) is 6.04 Å². The van der Waals surface area contributed by atoms with Crippen molar-refractivity contribution in [2.45, 2.75) is 43.5 Å². The van der Waals surface area contributed by atoms with Gasteiger partial charge < -0.3 is 10.4 Å². The fraction of sp³-hybridized carbons (Fsp3) is 0.389. The third kappa shape index (κ3) is 3.36. The van der Waals surface area contributed by atoms with Gasteiger partial charge in [0.1, 0.15) is 10.8 Å². The van der Waals surface area contributed by atoms with Gasteiger partial charge in [-0.1, -0.05) is 23.9 Å². The number of aromatic nitrogens is 3. The van der Waals surface area contributed by atoms with Gasteiger partial charge in [-0.2, -0.15) is 0 Å². The summed E-state index contributed by atoms with van der Waals surface area (Å²) >= 11 is 3.20. The van der Waals surface area contributed by atoms with Crippen LogP contribution >= 0.6 is 23.1 Å². The molecule has 7 heteroatoms. The van der Waals surface area contributed by atoms with Crippen LogP contribution in [0.1, 0.15) is 25.0 Å². The first-order valence-corrected chi connectivity index (χ1v) is 10.4. The molecular weight excluding hydrogens is 352 g/mol. The third-order valence-corrected chi connectivity index (χ3v) is 6.11. The number of hydrogen-bond acceptors (Lipinski definition) is 7. The molecule has 4 rings (SSSR count). The molecule has 130 valence electrons. The number of aliphatic hydroxyl groups is 1. The quantitative estimate of drug-likeness (QED) is 0.530. The molecule has 1 aromatic carbocycles. The van der Waals surface area contributed by atoms with Gasteiger partial charge >= 0.3 is 0 Å². The Kier molecular flexibility index (Phi) is 4.62. The van der Waals surface area contributed by atoms with E-state index in [1.165, 1.54) is 11.8 Å². The van der Waals surface area contributed by atoms with Crippen LogP contribution in [0.5, 0.6) is 0 Å². The fourth-order valence-corrected chi connectivity index (χ4v) is 4.73. The molecule has 2 aromatic heterocycles. The number of anilines is 1. The van der Waals surface area contributed by atoms with Crippen LogP contribution in [0.25, 0.3) is 20.8 Å². The summed E-state index contributed by atoms with van der Waals surface area (Å²) in [5, 5.41) is 15.1. The Morgan fingerprint density at radius 2 is 2.04 bits per heavy atom. The van der Waals surface area contributed by atoms with E-state index in [1.54, 1.807) is 11.3 Å². The minimum absolute atomic E-state index is 0.216. The van der Waals surface area contributed by atoms with Crippen molar-refractivity contribution in [3.05, 3.63) is 30.0 Å². The molecule has 3 aromatic rings. The van der Waals surface area contributed by atoms with E-state index in [4.69, 9.17) is 9.97 Å². The van der Waals surface area contributed by atoms with Crippen molar-refractivity contribution >= 4 is 39.1 Å². The normalized spacial score (nSPS) is 20.3. The van der Waals surface area contributed by atoms with Crippen LogP contribution < -0.4 is 5.32 Å². The maximum absolute atomic E-state index is 9.83. The molecule has 2 N–H and O–H groups in total. The summed E-state index contributed by atoms with van der Waals surface area (Å²) in [6.07, 6.45) is 4.32. The topological polar surface area (TPSA) is 70.9 Å². The highest BCUT2D eigenvalue weighted by Crippen LogP contribution is 2.37. The molecular formula is C18H20N4OS2. The lowest BCUT2D eigenvalue weighted by Crippen LogP contribution is -2.19.